The molecule has 0 radical (unpaired) electrons. The van der Waals surface area contributed by atoms with E-state index in [0.717, 1.165) is 0 Å². The lowest BCUT2D eigenvalue weighted by Gasteiger charge is -2.27. The molecule has 0 heterocycles. The number of aliphatic hydroxyl groups is 2. The van der Waals surface area contributed by atoms with Gasteiger partial charge in [-0.15, -0.1) is 0 Å². The second-order valence-corrected chi connectivity index (χ2v) is 6.54. The van der Waals surface area contributed by atoms with E-state index in [0.29, 0.717) is 5.56 Å². The van der Waals surface area contributed by atoms with Crippen molar-refractivity contribution < 1.29 is 24.2 Å². The van der Waals surface area contributed by atoms with Crippen LogP contribution in [0.25, 0.3) is 0 Å². The SMILES string of the molecule is CC(CNC(=O)C(O)C(C)(C)CO)CC(=O)c1cccc(F)c1. The molecule has 2 unspecified atom stereocenters. The molecule has 0 aromatic heterocycles. The van der Waals surface area contributed by atoms with Crippen LogP contribution in [0.2, 0.25) is 0 Å². The third-order valence-corrected chi connectivity index (χ3v) is 3.70. The summed E-state index contributed by atoms with van der Waals surface area (Å²) in [7, 11) is 0. The van der Waals surface area contributed by atoms with Crippen molar-refractivity contribution in [3.63, 3.8) is 0 Å². The molecule has 0 bridgehead atoms. The number of ketones is 1. The molecular weight excluding hydrogens is 301 g/mol. The van der Waals surface area contributed by atoms with E-state index in [1.54, 1.807) is 26.8 Å². The van der Waals surface area contributed by atoms with E-state index < -0.39 is 23.2 Å². The first kappa shape index (κ1) is 19.3. The highest BCUT2D eigenvalue weighted by Gasteiger charge is 2.32. The molecule has 2 atom stereocenters. The van der Waals surface area contributed by atoms with Crippen LogP contribution in [-0.2, 0) is 4.79 Å². The second-order valence-electron chi connectivity index (χ2n) is 6.54. The van der Waals surface area contributed by atoms with Gasteiger partial charge in [0.2, 0.25) is 5.91 Å². The average molecular weight is 325 g/mol. The summed E-state index contributed by atoms with van der Waals surface area (Å²) in [5, 5.41) is 21.6. The van der Waals surface area contributed by atoms with Gasteiger partial charge in [0.1, 0.15) is 11.9 Å². The van der Waals surface area contributed by atoms with Crippen LogP contribution in [0, 0.1) is 17.2 Å². The van der Waals surface area contributed by atoms with E-state index in [1.165, 1.54) is 18.2 Å². The molecule has 0 spiro atoms. The molecule has 3 N–H and O–H groups in total. The highest BCUT2D eigenvalue weighted by Crippen LogP contribution is 2.19. The quantitative estimate of drug-likeness (QED) is 0.633. The van der Waals surface area contributed by atoms with Crippen LogP contribution in [0.1, 0.15) is 37.6 Å². The monoisotopic (exact) mass is 325 g/mol. The molecule has 0 aliphatic heterocycles. The average Bonchev–Trinajstić information content (AvgIpc) is 2.51. The summed E-state index contributed by atoms with van der Waals surface area (Å²) >= 11 is 0. The normalized spacial score (nSPS) is 14.2. The van der Waals surface area contributed by atoms with Gasteiger partial charge in [-0.2, -0.15) is 0 Å². The maximum absolute atomic E-state index is 13.1. The Kier molecular flexibility index (Phi) is 6.84. The van der Waals surface area contributed by atoms with Crippen molar-refractivity contribution in [1.82, 2.24) is 5.32 Å². The van der Waals surface area contributed by atoms with Crippen LogP contribution < -0.4 is 5.32 Å². The third kappa shape index (κ3) is 5.73. The number of carbonyl (C=O) groups excluding carboxylic acids is 2. The molecule has 0 saturated carbocycles. The lowest BCUT2D eigenvalue weighted by molar-refractivity contribution is -0.137. The molecule has 5 nitrogen and oxygen atoms in total. The summed E-state index contributed by atoms with van der Waals surface area (Å²) in [6.45, 7) is 4.82. The number of amides is 1. The number of rotatable bonds is 8. The molecular formula is C17H24FNO4. The maximum atomic E-state index is 13.1. The molecule has 0 aliphatic carbocycles. The minimum Gasteiger partial charge on any atom is -0.396 e. The molecule has 6 heteroatoms. The number of nitrogens with one attached hydrogen (secondary N) is 1. The molecule has 128 valence electrons. The van der Waals surface area contributed by atoms with Crippen LogP contribution in [0.5, 0.6) is 0 Å². The van der Waals surface area contributed by atoms with Crippen molar-refractivity contribution in [1.29, 1.82) is 0 Å². The molecule has 0 aliphatic rings. The number of hydrogen-bond donors (Lipinski definition) is 3. The third-order valence-electron chi connectivity index (χ3n) is 3.70. The Hall–Kier alpha value is -1.79. The van der Waals surface area contributed by atoms with Gasteiger partial charge >= 0.3 is 0 Å². The van der Waals surface area contributed by atoms with Crippen LogP contribution >= 0.6 is 0 Å². The Morgan fingerprint density at radius 3 is 2.57 bits per heavy atom. The van der Waals surface area contributed by atoms with E-state index >= 15 is 0 Å². The van der Waals surface area contributed by atoms with E-state index in [2.05, 4.69) is 5.32 Å². The van der Waals surface area contributed by atoms with E-state index in [9.17, 15) is 19.1 Å². The van der Waals surface area contributed by atoms with Crippen LogP contribution in [0.3, 0.4) is 0 Å². The maximum Gasteiger partial charge on any atom is 0.249 e. The van der Waals surface area contributed by atoms with Crippen LogP contribution in [-0.4, -0.2) is 41.2 Å². The molecule has 23 heavy (non-hydrogen) atoms. The number of hydrogen-bond acceptors (Lipinski definition) is 4. The van der Waals surface area contributed by atoms with Gasteiger partial charge in [-0.05, 0) is 18.1 Å². The summed E-state index contributed by atoms with van der Waals surface area (Å²) in [5.74, 6) is -1.43. The Morgan fingerprint density at radius 1 is 1.35 bits per heavy atom. The van der Waals surface area contributed by atoms with Crippen molar-refractivity contribution in [2.75, 3.05) is 13.2 Å². The molecule has 0 fully saturated rings. The minimum absolute atomic E-state index is 0.156. The Morgan fingerprint density at radius 2 is 2.00 bits per heavy atom. The lowest BCUT2D eigenvalue weighted by atomic mass is 9.87. The number of benzene rings is 1. The van der Waals surface area contributed by atoms with Gasteiger partial charge < -0.3 is 15.5 Å². The van der Waals surface area contributed by atoms with Crippen LogP contribution in [0.15, 0.2) is 24.3 Å². The molecule has 1 rings (SSSR count). The zero-order valence-electron chi connectivity index (χ0n) is 13.7. The number of Topliss-reactive ketones (excluding diaryl/α,β-unsaturated/α-hetero) is 1. The van der Waals surface area contributed by atoms with E-state index in [-0.39, 0.29) is 31.3 Å². The fourth-order valence-electron chi connectivity index (χ4n) is 1.98. The van der Waals surface area contributed by atoms with Gasteiger partial charge in [-0.3, -0.25) is 9.59 Å². The minimum atomic E-state index is -1.33. The topological polar surface area (TPSA) is 86.6 Å². The fourth-order valence-corrected chi connectivity index (χ4v) is 1.98. The van der Waals surface area contributed by atoms with Gasteiger partial charge in [0.15, 0.2) is 5.78 Å². The summed E-state index contributed by atoms with van der Waals surface area (Å²) in [5.41, 5.74) is -0.644. The van der Waals surface area contributed by atoms with Crippen molar-refractivity contribution >= 4 is 11.7 Å². The number of halogens is 1. The van der Waals surface area contributed by atoms with Crippen molar-refractivity contribution in [3.8, 4) is 0 Å². The Balaban J connectivity index is 2.49. The van der Waals surface area contributed by atoms with Crippen molar-refractivity contribution in [3.05, 3.63) is 35.6 Å². The fraction of sp³-hybridized carbons (Fsp3) is 0.529. The van der Waals surface area contributed by atoms with Gasteiger partial charge in [-0.25, -0.2) is 4.39 Å². The summed E-state index contributed by atoms with van der Waals surface area (Å²) in [6.07, 6.45) is -1.18. The van der Waals surface area contributed by atoms with Gasteiger partial charge in [0.05, 0.1) is 6.61 Å². The second kappa shape index (κ2) is 8.17. The smallest absolute Gasteiger partial charge is 0.249 e. The molecule has 0 saturated heterocycles. The summed E-state index contributed by atoms with van der Waals surface area (Å²) < 4.78 is 13.1. The highest BCUT2D eigenvalue weighted by molar-refractivity contribution is 5.96. The first-order valence-corrected chi connectivity index (χ1v) is 7.52. The Bertz CT molecular complexity index is 559. The van der Waals surface area contributed by atoms with Gasteiger partial charge in [0, 0.05) is 23.9 Å². The standard InChI is InChI=1S/C17H24FNO4/c1-11(7-14(21)12-5-4-6-13(18)8-12)9-19-16(23)15(22)17(2,3)10-20/h4-6,8,11,15,20,22H,7,9-10H2,1-3H3,(H,19,23). The predicted octanol–water partition coefficient (Wildman–Crippen LogP) is 1.53. The summed E-state index contributed by atoms with van der Waals surface area (Å²) in [6, 6.07) is 5.47. The van der Waals surface area contributed by atoms with E-state index in [1.807, 2.05) is 0 Å². The first-order valence-electron chi connectivity index (χ1n) is 7.52. The molecule has 1 aromatic rings. The van der Waals surface area contributed by atoms with Gasteiger partial charge in [-0.1, -0.05) is 32.9 Å². The van der Waals surface area contributed by atoms with Crippen LogP contribution in [0.4, 0.5) is 4.39 Å². The predicted molar refractivity (Wildman–Crippen MR) is 84.4 cm³/mol. The lowest BCUT2D eigenvalue weighted by Crippen LogP contribution is -2.46. The highest BCUT2D eigenvalue weighted by atomic mass is 19.1. The number of aliphatic hydroxyl groups excluding tert-OH is 2. The molecule has 1 aromatic carbocycles. The van der Waals surface area contributed by atoms with Crippen molar-refractivity contribution in [2.45, 2.75) is 33.3 Å². The first-order chi connectivity index (χ1) is 10.7. The number of carbonyl (C=O) groups is 2. The van der Waals surface area contributed by atoms with Gasteiger partial charge in [0.25, 0.3) is 0 Å². The largest absolute Gasteiger partial charge is 0.396 e. The van der Waals surface area contributed by atoms with E-state index in [4.69, 9.17) is 5.11 Å². The summed E-state index contributed by atoms with van der Waals surface area (Å²) in [4.78, 5) is 23.9. The zero-order chi connectivity index (χ0) is 17.6. The zero-order valence-corrected chi connectivity index (χ0v) is 13.7. The Labute approximate surface area is 135 Å². The molecule has 1 amide bonds. The van der Waals surface area contributed by atoms with Crippen molar-refractivity contribution in [2.24, 2.45) is 11.3 Å².